The van der Waals surface area contributed by atoms with Gasteiger partial charge in [-0.1, -0.05) is 18.2 Å². The van der Waals surface area contributed by atoms with Gasteiger partial charge in [-0.15, -0.1) is 0 Å². The van der Waals surface area contributed by atoms with E-state index in [-0.39, 0.29) is 12.5 Å². The molecule has 3 N–H and O–H groups in total. The number of para-hydroxylation sites is 2. The second-order valence-electron chi connectivity index (χ2n) is 7.10. The third-order valence-corrected chi connectivity index (χ3v) is 5.02. The van der Waals surface area contributed by atoms with E-state index in [1.165, 1.54) is 0 Å². The van der Waals surface area contributed by atoms with Gasteiger partial charge in [-0.25, -0.2) is 4.68 Å². The van der Waals surface area contributed by atoms with E-state index in [1.54, 1.807) is 30.1 Å². The Morgan fingerprint density at radius 2 is 2.06 bits per heavy atom. The van der Waals surface area contributed by atoms with E-state index in [0.29, 0.717) is 53.0 Å². The topological polar surface area (TPSA) is 114 Å². The smallest absolute Gasteiger partial charge is 0.256 e. The quantitative estimate of drug-likeness (QED) is 0.538. The highest BCUT2D eigenvalue weighted by atomic mass is 16.5. The monoisotopic (exact) mass is 420 g/mol. The van der Waals surface area contributed by atoms with Gasteiger partial charge < -0.3 is 20.5 Å². The van der Waals surface area contributed by atoms with Crippen LogP contribution in [-0.4, -0.2) is 44.5 Å². The van der Waals surface area contributed by atoms with Crippen LogP contribution in [0, 0.1) is 0 Å². The number of rotatable bonds is 7. The lowest BCUT2D eigenvalue weighted by atomic mass is 9.98. The van der Waals surface area contributed by atoms with Crippen LogP contribution in [0.2, 0.25) is 0 Å². The van der Waals surface area contributed by atoms with E-state index in [4.69, 9.17) is 9.84 Å². The van der Waals surface area contributed by atoms with E-state index in [1.807, 2.05) is 37.3 Å². The number of amides is 1. The highest BCUT2D eigenvalue weighted by Crippen LogP contribution is 2.35. The molecular weight excluding hydrogens is 396 g/mol. The molecule has 31 heavy (non-hydrogen) atoms. The maximum absolute atomic E-state index is 13.4. The minimum Gasteiger partial charge on any atom is -0.495 e. The molecule has 160 valence electrons. The first-order valence-electron chi connectivity index (χ1n) is 10.0. The van der Waals surface area contributed by atoms with Crippen LogP contribution in [0.5, 0.6) is 5.75 Å². The number of methoxy groups -OCH3 is 1. The summed E-state index contributed by atoms with van der Waals surface area (Å²) >= 11 is 0. The van der Waals surface area contributed by atoms with Crippen molar-refractivity contribution in [3.05, 3.63) is 71.4 Å². The van der Waals surface area contributed by atoms with Crippen LogP contribution in [0.25, 0.3) is 0 Å². The number of carbonyl (C=O) groups excluding carboxylic acids is 1. The normalized spacial score (nSPS) is 15.3. The van der Waals surface area contributed by atoms with Crippen molar-refractivity contribution in [2.45, 2.75) is 25.8 Å². The molecule has 4 rings (SSSR count). The summed E-state index contributed by atoms with van der Waals surface area (Å²) < 4.78 is 7.04. The molecule has 0 aliphatic carbocycles. The summed E-state index contributed by atoms with van der Waals surface area (Å²) in [5.41, 5.74) is 2.39. The number of hydrogen-bond acceptors (Lipinski definition) is 7. The third-order valence-electron chi connectivity index (χ3n) is 5.02. The molecule has 1 aromatic carbocycles. The molecule has 1 atom stereocenters. The van der Waals surface area contributed by atoms with Crippen molar-refractivity contribution in [3.8, 4) is 5.75 Å². The number of benzene rings is 1. The fourth-order valence-corrected chi connectivity index (χ4v) is 3.58. The Morgan fingerprint density at radius 1 is 1.26 bits per heavy atom. The first-order chi connectivity index (χ1) is 15.1. The number of fused-ring (bicyclic) bond motifs is 1. The first-order valence-corrected chi connectivity index (χ1v) is 10.0. The number of aryl methyl sites for hydroxylation is 1. The van der Waals surface area contributed by atoms with Crippen LogP contribution >= 0.6 is 0 Å². The van der Waals surface area contributed by atoms with E-state index in [9.17, 15) is 4.79 Å². The van der Waals surface area contributed by atoms with E-state index >= 15 is 0 Å². The number of aliphatic hydroxyl groups excluding tert-OH is 1. The van der Waals surface area contributed by atoms with Gasteiger partial charge in [-0.2, -0.15) is 10.1 Å². The molecule has 0 saturated carbocycles. The lowest BCUT2D eigenvalue weighted by Crippen LogP contribution is -2.32. The zero-order chi connectivity index (χ0) is 21.8. The molecule has 0 radical (unpaired) electrons. The lowest BCUT2D eigenvalue weighted by Gasteiger charge is -2.28. The second-order valence-corrected chi connectivity index (χ2v) is 7.10. The van der Waals surface area contributed by atoms with Crippen molar-refractivity contribution in [2.75, 3.05) is 24.4 Å². The number of anilines is 2. The summed E-state index contributed by atoms with van der Waals surface area (Å²) in [4.78, 5) is 22.5. The fourth-order valence-electron chi connectivity index (χ4n) is 3.58. The van der Waals surface area contributed by atoms with Crippen LogP contribution in [0.3, 0.4) is 0 Å². The van der Waals surface area contributed by atoms with Crippen molar-refractivity contribution in [1.82, 2.24) is 19.7 Å². The minimum atomic E-state index is -0.553. The van der Waals surface area contributed by atoms with Gasteiger partial charge in [0.2, 0.25) is 5.95 Å². The molecule has 0 bridgehead atoms. The molecule has 9 heteroatoms. The van der Waals surface area contributed by atoms with Gasteiger partial charge in [-0.05, 0) is 37.6 Å². The summed E-state index contributed by atoms with van der Waals surface area (Å²) in [7, 11) is 1.56. The SMILES string of the molecule is COc1ccccc1NC(=O)C1=C(C)Nc2nc(CCCO)nn2[C@H]1c1ccccn1. The number of allylic oxidation sites excluding steroid dienone is 1. The first kappa shape index (κ1) is 20.5. The lowest BCUT2D eigenvalue weighted by molar-refractivity contribution is -0.113. The number of nitrogens with one attached hydrogen (secondary N) is 2. The Hall–Kier alpha value is -3.72. The van der Waals surface area contributed by atoms with Gasteiger partial charge in [0.15, 0.2) is 5.82 Å². The molecular formula is C22H24N6O3. The fraction of sp³-hybridized carbons (Fsp3) is 0.273. The van der Waals surface area contributed by atoms with E-state index < -0.39 is 6.04 Å². The van der Waals surface area contributed by atoms with Crippen LogP contribution in [0.1, 0.15) is 30.9 Å². The number of carbonyl (C=O) groups is 1. The predicted molar refractivity (Wildman–Crippen MR) is 116 cm³/mol. The molecule has 0 fully saturated rings. The molecule has 9 nitrogen and oxygen atoms in total. The maximum Gasteiger partial charge on any atom is 0.256 e. The molecule has 0 saturated heterocycles. The number of aromatic nitrogens is 4. The predicted octanol–water partition coefficient (Wildman–Crippen LogP) is 2.53. The Morgan fingerprint density at radius 3 is 2.81 bits per heavy atom. The average molecular weight is 420 g/mol. The maximum atomic E-state index is 13.4. The summed E-state index contributed by atoms with van der Waals surface area (Å²) in [5.74, 6) is 1.41. The Balaban J connectivity index is 1.74. The summed E-state index contributed by atoms with van der Waals surface area (Å²) in [6, 6.07) is 12.2. The highest BCUT2D eigenvalue weighted by Gasteiger charge is 2.35. The van der Waals surface area contributed by atoms with E-state index in [2.05, 4.69) is 25.7 Å². The summed E-state index contributed by atoms with van der Waals surface area (Å²) in [6.07, 6.45) is 2.78. The molecule has 1 aliphatic rings. The average Bonchev–Trinajstić information content (AvgIpc) is 3.19. The number of nitrogens with zero attached hydrogens (tertiary/aromatic N) is 4. The van der Waals surface area contributed by atoms with Crippen LogP contribution in [0.4, 0.5) is 11.6 Å². The number of pyridine rings is 1. The van der Waals surface area contributed by atoms with Crippen LogP contribution < -0.4 is 15.4 Å². The van der Waals surface area contributed by atoms with E-state index in [0.717, 1.165) is 0 Å². The summed E-state index contributed by atoms with van der Waals surface area (Å²) in [5, 5.41) is 19.9. The van der Waals surface area contributed by atoms with Crippen molar-refractivity contribution < 1.29 is 14.6 Å². The molecule has 3 heterocycles. The molecule has 0 unspecified atom stereocenters. The largest absolute Gasteiger partial charge is 0.495 e. The number of aliphatic hydroxyl groups is 1. The van der Waals surface area contributed by atoms with Gasteiger partial charge in [0, 0.05) is 24.9 Å². The van der Waals surface area contributed by atoms with Crippen LogP contribution in [0.15, 0.2) is 59.9 Å². The van der Waals surface area contributed by atoms with Gasteiger partial charge in [0.05, 0.1) is 24.1 Å². The zero-order valence-corrected chi connectivity index (χ0v) is 17.4. The minimum absolute atomic E-state index is 0.0603. The summed E-state index contributed by atoms with van der Waals surface area (Å²) in [6.45, 7) is 1.89. The second kappa shape index (κ2) is 8.97. The van der Waals surface area contributed by atoms with Crippen molar-refractivity contribution >= 4 is 17.5 Å². The molecule has 0 spiro atoms. The van der Waals surface area contributed by atoms with Gasteiger partial charge in [0.25, 0.3) is 5.91 Å². The van der Waals surface area contributed by atoms with Gasteiger partial charge in [0.1, 0.15) is 11.8 Å². The van der Waals surface area contributed by atoms with Gasteiger partial charge >= 0.3 is 0 Å². The van der Waals surface area contributed by atoms with Crippen molar-refractivity contribution in [3.63, 3.8) is 0 Å². The highest BCUT2D eigenvalue weighted by molar-refractivity contribution is 6.06. The zero-order valence-electron chi connectivity index (χ0n) is 17.4. The Bertz CT molecular complexity index is 1110. The molecule has 2 aromatic heterocycles. The van der Waals surface area contributed by atoms with Gasteiger partial charge in [-0.3, -0.25) is 9.78 Å². The number of ether oxygens (including phenoxy) is 1. The van der Waals surface area contributed by atoms with Crippen molar-refractivity contribution in [1.29, 1.82) is 0 Å². The molecule has 3 aromatic rings. The Kier molecular flexibility index (Phi) is 5.94. The molecule has 1 aliphatic heterocycles. The Labute approximate surface area is 179 Å². The number of hydrogen-bond donors (Lipinski definition) is 3. The standard InChI is InChI=1S/C22H24N6O3/c1-14-19(21(30)25-15-8-3-4-10-17(15)31-2)20(16-9-5-6-12-23-16)28-22(24-14)26-18(27-28)11-7-13-29/h3-6,8-10,12,20,29H,7,11,13H2,1-2H3,(H,25,30)(H,24,26,27)/t20-/m0/s1. The van der Waals surface area contributed by atoms with Crippen LogP contribution in [-0.2, 0) is 11.2 Å². The third kappa shape index (κ3) is 4.13. The molecule has 1 amide bonds. The van der Waals surface area contributed by atoms with Crippen molar-refractivity contribution in [2.24, 2.45) is 0 Å².